The third-order valence-electron chi connectivity index (χ3n) is 5.47. The van der Waals surface area contributed by atoms with Crippen molar-refractivity contribution < 1.29 is 9.59 Å². The van der Waals surface area contributed by atoms with Gasteiger partial charge in [0.15, 0.2) is 0 Å². The van der Waals surface area contributed by atoms with Crippen LogP contribution in [-0.4, -0.2) is 35.8 Å². The molecule has 3 N–H and O–H groups in total. The van der Waals surface area contributed by atoms with Gasteiger partial charge in [-0.2, -0.15) is 0 Å². The Morgan fingerprint density at radius 3 is 2.48 bits per heavy atom. The molecule has 1 aliphatic carbocycles. The summed E-state index contributed by atoms with van der Waals surface area (Å²) in [6, 6.07) is 4.70. The molecule has 0 aliphatic heterocycles. The normalized spacial score (nSPS) is 16.8. The molecule has 0 radical (unpaired) electrons. The molecule has 1 aliphatic rings. The van der Waals surface area contributed by atoms with E-state index in [4.69, 9.17) is 17.3 Å². The van der Waals surface area contributed by atoms with Gasteiger partial charge in [0, 0.05) is 18.8 Å². The number of anilines is 1. The Labute approximate surface area is 173 Å². The van der Waals surface area contributed by atoms with E-state index in [2.05, 4.69) is 5.32 Å². The van der Waals surface area contributed by atoms with E-state index in [1.54, 1.807) is 23.1 Å². The summed E-state index contributed by atoms with van der Waals surface area (Å²) in [5, 5.41) is 3.12. The minimum atomic E-state index is -0.572. The van der Waals surface area contributed by atoms with Crippen LogP contribution in [-0.2, 0) is 4.79 Å². The fourth-order valence-electron chi connectivity index (χ4n) is 3.33. The molecule has 1 aromatic rings. The third-order valence-corrected chi connectivity index (χ3v) is 5.78. The summed E-state index contributed by atoms with van der Waals surface area (Å²) in [7, 11) is 1.84. The topological polar surface area (TPSA) is 75.4 Å². The SMILES string of the molecule is CCC(C)C(N)C(=O)Nc1ccc(C(=O)N(C)C2CCCCC2)c(Cl)c1.Cl. The predicted octanol–water partition coefficient (Wildman–Crippen LogP) is 4.48. The van der Waals surface area contributed by atoms with E-state index >= 15 is 0 Å². The average molecular weight is 416 g/mol. The van der Waals surface area contributed by atoms with Crippen LogP contribution in [0.1, 0.15) is 62.7 Å². The van der Waals surface area contributed by atoms with Crippen molar-refractivity contribution >= 4 is 41.5 Å². The van der Waals surface area contributed by atoms with Crippen LogP contribution in [0.3, 0.4) is 0 Å². The lowest BCUT2D eigenvalue weighted by atomic mass is 9.94. The number of hydrogen-bond acceptors (Lipinski definition) is 3. The standard InChI is InChI=1S/C20H30ClN3O2.ClH/c1-4-13(2)18(22)19(25)23-14-10-11-16(17(21)12-14)20(26)24(3)15-8-6-5-7-9-15;/h10-13,15,18H,4-9,22H2,1-3H3,(H,23,25);1H. The maximum Gasteiger partial charge on any atom is 0.255 e. The van der Waals surface area contributed by atoms with Crippen LogP contribution in [0.2, 0.25) is 5.02 Å². The molecule has 2 atom stereocenters. The van der Waals surface area contributed by atoms with Crippen LogP contribution in [0.15, 0.2) is 18.2 Å². The second-order valence-corrected chi connectivity index (χ2v) is 7.71. The fraction of sp³-hybridized carbons (Fsp3) is 0.600. The minimum Gasteiger partial charge on any atom is -0.339 e. The summed E-state index contributed by atoms with van der Waals surface area (Å²) in [5.41, 5.74) is 6.97. The zero-order valence-electron chi connectivity index (χ0n) is 16.3. The van der Waals surface area contributed by atoms with Gasteiger partial charge in [-0.05, 0) is 37.0 Å². The molecule has 1 aromatic carbocycles. The summed E-state index contributed by atoms with van der Waals surface area (Å²) in [5.74, 6) is -0.222. The Balaban J connectivity index is 0.00000364. The molecule has 1 fully saturated rings. The van der Waals surface area contributed by atoms with Crippen LogP contribution in [0, 0.1) is 5.92 Å². The maximum atomic E-state index is 12.8. The van der Waals surface area contributed by atoms with Crippen molar-refractivity contribution in [1.29, 1.82) is 0 Å². The van der Waals surface area contributed by atoms with Gasteiger partial charge < -0.3 is 16.0 Å². The van der Waals surface area contributed by atoms with E-state index < -0.39 is 6.04 Å². The number of rotatable bonds is 6. The highest BCUT2D eigenvalue weighted by molar-refractivity contribution is 6.34. The van der Waals surface area contributed by atoms with Crippen molar-refractivity contribution in [3.8, 4) is 0 Å². The monoisotopic (exact) mass is 415 g/mol. The van der Waals surface area contributed by atoms with E-state index in [0.717, 1.165) is 32.1 Å². The minimum absolute atomic E-state index is 0. The Bertz CT molecular complexity index is 648. The number of nitrogens with zero attached hydrogens (tertiary/aromatic N) is 1. The van der Waals surface area contributed by atoms with E-state index in [0.29, 0.717) is 16.3 Å². The summed E-state index contributed by atoms with van der Waals surface area (Å²) < 4.78 is 0. The molecule has 0 aromatic heterocycles. The quantitative estimate of drug-likeness (QED) is 0.718. The molecule has 0 spiro atoms. The number of halogens is 2. The van der Waals surface area contributed by atoms with E-state index in [9.17, 15) is 9.59 Å². The van der Waals surface area contributed by atoms with Gasteiger partial charge in [-0.3, -0.25) is 9.59 Å². The second-order valence-electron chi connectivity index (χ2n) is 7.30. The molecule has 152 valence electrons. The van der Waals surface area contributed by atoms with Crippen molar-refractivity contribution in [2.75, 3.05) is 12.4 Å². The lowest BCUT2D eigenvalue weighted by Crippen LogP contribution is -2.40. The van der Waals surface area contributed by atoms with E-state index in [-0.39, 0.29) is 36.2 Å². The molecule has 2 unspecified atom stereocenters. The molecular formula is C20H31Cl2N3O2. The lowest BCUT2D eigenvalue weighted by Gasteiger charge is -2.31. The fourth-order valence-corrected chi connectivity index (χ4v) is 3.59. The number of amides is 2. The largest absolute Gasteiger partial charge is 0.339 e. The van der Waals surface area contributed by atoms with Crippen LogP contribution >= 0.6 is 24.0 Å². The highest BCUT2D eigenvalue weighted by Crippen LogP contribution is 2.26. The van der Waals surface area contributed by atoms with Crippen LogP contribution in [0.4, 0.5) is 5.69 Å². The number of nitrogens with two attached hydrogens (primary N) is 1. The molecule has 5 nitrogen and oxygen atoms in total. The summed E-state index contributed by atoms with van der Waals surface area (Å²) in [6.45, 7) is 3.94. The number of carbonyl (C=O) groups excluding carboxylic acids is 2. The first-order chi connectivity index (χ1) is 12.3. The first-order valence-corrected chi connectivity index (χ1v) is 9.86. The van der Waals surface area contributed by atoms with Gasteiger partial charge in [0.05, 0.1) is 16.6 Å². The van der Waals surface area contributed by atoms with Gasteiger partial charge in [0.25, 0.3) is 5.91 Å². The Morgan fingerprint density at radius 2 is 1.93 bits per heavy atom. The lowest BCUT2D eigenvalue weighted by molar-refractivity contribution is -0.118. The van der Waals surface area contributed by atoms with Gasteiger partial charge in [-0.15, -0.1) is 12.4 Å². The molecule has 7 heteroatoms. The molecular weight excluding hydrogens is 385 g/mol. The van der Waals surface area contributed by atoms with Gasteiger partial charge >= 0.3 is 0 Å². The van der Waals surface area contributed by atoms with Crippen molar-refractivity contribution in [2.24, 2.45) is 11.7 Å². The predicted molar refractivity (Wildman–Crippen MR) is 114 cm³/mol. The van der Waals surface area contributed by atoms with E-state index in [1.807, 2.05) is 20.9 Å². The van der Waals surface area contributed by atoms with Gasteiger partial charge in [-0.25, -0.2) is 0 Å². The van der Waals surface area contributed by atoms with E-state index in [1.165, 1.54) is 6.42 Å². The highest BCUT2D eigenvalue weighted by Gasteiger charge is 2.25. The Morgan fingerprint density at radius 1 is 1.30 bits per heavy atom. The Kier molecular flexibility index (Phi) is 9.57. The summed E-state index contributed by atoms with van der Waals surface area (Å²) in [6.07, 6.45) is 6.49. The van der Waals surface area contributed by atoms with Crippen molar-refractivity contribution in [3.05, 3.63) is 28.8 Å². The first kappa shape index (κ1) is 23.7. The number of benzene rings is 1. The average Bonchev–Trinajstić information content (AvgIpc) is 2.66. The number of carbonyl (C=O) groups is 2. The molecule has 0 bridgehead atoms. The van der Waals surface area contributed by atoms with Crippen LogP contribution in [0.5, 0.6) is 0 Å². The van der Waals surface area contributed by atoms with Gasteiger partial charge in [-0.1, -0.05) is 51.1 Å². The Hall–Kier alpha value is -1.30. The van der Waals surface area contributed by atoms with Crippen LogP contribution < -0.4 is 11.1 Å². The van der Waals surface area contributed by atoms with Gasteiger partial charge in [0.1, 0.15) is 0 Å². The molecule has 2 amide bonds. The first-order valence-electron chi connectivity index (χ1n) is 9.48. The zero-order chi connectivity index (χ0) is 19.3. The van der Waals surface area contributed by atoms with Crippen molar-refractivity contribution in [2.45, 2.75) is 64.5 Å². The smallest absolute Gasteiger partial charge is 0.255 e. The second kappa shape index (κ2) is 10.9. The number of hydrogen-bond donors (Lipinski definition) is 2. The maximum absolute atomic E-state index is 12.8. The summed E-state index contributed by atoms with van der Waals surface area (Å²) >= 11 is 6.33. The zero-order valence-corrected chi connectivity index (χ0v) is 17.9. The molecule has 0 saturated heterocycles. The molecule has 0 heterocycles. The van der Waals surface area contributed by atoms with Crippen LogP contribution in [0.25, 0.3) is 0 Å². The molecule has 2 rings (SSSR count). The van der Waals surface area contributed by atoms with Crippen molar-refractivity contribution in [1.82, 2.24) is 4.90 Å². The highest BCUT2D eigenvalue weighted by atomic mass is 35.5. The molecule has 27 heavy (non-hydrogen) atoms. The number of nitrogens with one attached hydrogen (secondary N) is 1. The molecule has 1 saturated carbocycles. The third kappa shape index (κ3) is 6.09. The summed E-state index contributed by atoms with van der Waals surface area (Å²) in [4.78, 5) is 26.8. The van der Waals surface area contributed by atoms with Crippen molar-refractivity contribution in [3.63, 3.8) is 0 Å². The van der Waals surface area contributed by atoms with Gasteiger partial charge in [0.2, 0.25) is 5.91 Å².